The topological polar surface area (TPSA) is 12.9 Å². The molecule has 0 radical (unpaired) electrons. The molecule has 5 rings (SSSR count). The Morgan fingerprint density at radius 3 is 1.93 bits per heavy atom. The molecule has 0 saturated carbocycles. The van der Waals surface area contributed by atoms with Crippen molar-refractivity contribution < 1.29 is 0 Å². The molecule has 5 aromatic rings. The second kappa shape index (κ2) is 7.13. The van der Waals surface area contributed by atoms with E-state index in [1.54, 1.807) is 0 Å². The highest BCUT2D eigenvalue weighted by Crippen LogP contribution is 2.33. The molecular weight excluding hydrogens is 338 g/mol. The summed E-state index contributed by atoms with van der Waals surface area (Å²) in [5.74, 6) is 0. The number of hydrogen-bond acceptors (Lipinski definition) is 1. The zero-order valence-corrected chi connectivity index (χ0v) is 15.4. The summed E-state index contributed by atoms with van der Waals surface area (Å²) in [5, 5.41) is 1.16. The van der Waals surface area contributed by atoms with E-state index in [1.807, 2.05) is 12.1 Å². The number of rotatable bonds is 3. The Morgan fingerprint density at radius 2 is 1.07 bits per heavy atom. The summed E-state index contributed by atoms with van der Waals surface area (Å²) in [6.07, 6.45) is 0. The Hall–Kier alpha value is -3.71. The maximum atomic E-state index is 4.86. The van der Waals surface area contributed by atoms with Crippen molar-refractivity contribution in [2.24, 2.45) is 0 Å². The maximum Gasteiger partial charge on any atom is 0.0709 e. The Balaban J connectivity index is 1.62. The van der Waals surface area contributed by atoms with Crippen LogP contribution in [0.2, 0.25) is 0 Å². The van der Waals surface area contributed by atoms with Crippen LogP contribution in [0.5, 0.6) is 0 Å². The molecule has 0 aliphatic heterocycles. The minimum atomic E-state index is 0.998. The molecule has 1 aromatic heterocycles. The monoisotopic (exact) mass is 357 g/mol. The van der Waals surface area contributed by atoms with Crippen LogP contribution in [0.1, 0.15) is 0 Å². The van der Waals surface area contributed by atoms with Gasteiger partial charge in [0.15, 0.2) is 0 Å². The fourth-order valence-corrected chi connectivity index (χ4v) is 3.68. The predicted molar refractivity (Wildman–Crippen MR) is 118 cm³/mol. The molecule has 28 heavy (non-hydrogen) atoms. The van der Waals surface area contributed by atoms with E-state index < -0.39 is 0 Å². The van der Waals surface area contributed by atoms with Crippen LogP contribution >= 0.6 is 0 Å². The minimum Gasteiger partial charge on any atom is -0.248 e. The van der Waals surface area contributed by atoms with Gasteiger partial charge < -0.3 is 0 Å². The fourth-order valence-electron chi connectivity index (χ4n) is 3.68. The predicted octanol–water partition coefficient (Wildman–Crippen LogP) is 7.24. The standard InChI is InChI=1S/C27H19N/c1-2-9-20(10-3-1)24-14-5-6-15-25(24)22-12-8-13-23(19-22)27-18-17-21-11-4-7-16-26(21)28-27/h1-19H. The second-order valence-electron chi connectivity index (χ2n) is 6.88. The van der Waals surface area contributed by atoms with Crippen molar-refractivity contribution in [2.45, 2.75) is 0 Å². The molecule has 0 atom stereocenters. The summed E-state index contributed by atoms with van der Waals surface area (Å²) in [6, 6.07) is 40.3. The zero-order valence-electron chi connectivity index (χ0n) is 15.4. The highest BCUT2D eigenvalue weighted by molar-refractivity contribution is 5.86. The second-order valence-corrected chi connectivity index (χ2v) is 6.88. The lowest BCUT2D eigenvalue weighted by Gasteiger charge is -2.11. The summed E-state index contributed by atoms with van der Waals surface area (Å²) in [6.45, 7) is 0. The van der Waals surface area contributed by atoms with Crippen molar-refractivity contribution in [1.82, 2.24) is 4.98 Å². The molecule has 0 amide bonds. The highest BCUT2D eigenvalue weighted by Gasteiger charge is 2.08. The first kappa shape index (κ1) is 16.5. The van der Waals surface area contributed by atoms with E-state index >= 15 is 0 Å². The third-order valence-corrected chi connectivity index (χ3v) is 5.08. The van der Waals surface area contributed by atoms with Gasteiger partial charge in [0.25, 0.3) is 0 Å². The third kappa shape index (κ3) is 3.08. The van der Waals surface area contributed by atoms with Gasteiger partial charge in [0.2, 0.25) is 0 Å². The zero-order chi connectivity index (χ0) is 18.8. The van der Waals surface area contributed by atoms with E-state index in [1.165, 1.54) is 22.3 Å². The van der Waals surface area contributed by atoms with Gasteiger partial charge in [-0.25, -0.2) is 4.98 Å². The molecule has 1 heterocycles. The van der Waals surface area contributed by atoms with Gasteiger partial charge in [-0.1, -0.05) is 97.1 Å². The summed E-state index contributed by atoms with van der Waals surface area (Å²) in [5.41, 5.74) is 8.06. The van der Waals surface area contributed by atoms with Crippen molar-refractivity contribution in [2.75, 3.05) is 0 Å². The largest absolute Gasteiger partial charge is 0.248 e. The number of benzene rings is 4. The van der Waals surface area contributed by atoms with E-state index in [0.29, 0.717) is 0 Å². The van der Waals surface area contributed by atoms with Crippen molar-refractivity contribution in [3.8, 4) is 33.5 Å². The number of para-hydroxylation sites is 1. The number of fused-ring (bicyclic) bond motifs is 1. The number of aromatic nitrogens is 1. The quantitative estimate of drug-likeness (QED) is 0.332. The van der Waals surface area contributed by atoms with Crippen LogP contribution in [0, 0.1) is 0 Å². The molecule has 1 heteroatoms. The van der Waals surface area contributed by atoms with E-state index in [0.717, 1.165) is 22.2 Å². The number of hydrogen-bond donors (Lipinski definition) is 0. The van der Waals surface area contributed by atoms with Crippen LogP contribution in [-0.2, 0) is 0 Å². The molecule has 0 aliphatic rings. The van der Waals surface area contributed by atoms with E-state index in [-0.39, 0.29) is 0 Å². The van der Waals surface area contributed by atoms with Crippen LogP contribution in [0.15, 0.2) is 115 Å². The van der Waals surface area contributed by atoms with Gasteiger partial charge >= 0.3 is 0 Å². The molecule has 0 N–H and O–H groups in total. The van der Waals surface area contributed by atoms with E-state index in [9.17, 15) is 0 Å². The Kier molecular flexibility index (Phi) is 4.19. The lowest BCUT2D eigenvalue weighted by Crippen LogP contribution is -1.88. The van der Waals surface area contributed by atoms with Gasteiger partial charge in [0.05, 0.1) is 11.2 Å². The minimum absolute atomic E-state index is 0.998. The van der Waals surface area contributed by atoms with Crippen molar-refractivity contribution in [3.63, 3.8) is 0 Å². The van der Waals surface area contributed by atoms with Crippen LogP contribution in [0.4, 0.5) is 0 Å². The normalized spacial score (nSPS) is 10.9. The molecule has 0 aliphatic carbocycles. The van der Waals surface area contributed by atoms with Crippen LogP contribution in [-0.4, -0.2) is 4.98 Å². The van der Waals surface area contributed by atoms with Gasteiger partial charge in [0.1, 0.15) is 0 Å². The summed E-state index contributed by atoms with van der Waals surface area (Å²) in [7, 11) is 0. The SMILES string of the molecule is c1ccc(-c2ccccc2-c2cccc(-c3ccc4ccccc4n3)c2)cc1. The molecule has 0 saturated heterocycles. The van der Waals surface area contributed by atoms with E-state index in [2.05, 4.69) is 103 Å². The van der Waals surface area contributed by atoms with Crippen molar-refractivity contribution >= 4 is 10.9 Å². The van der Waals surface area contributed by atoms with Crippen LogP contribution < -0.4 is 0 Å². The first-order chi connectivity index (χ1) is 13.9. The summed E-state index contributed by atoms with van der Waals surface area (Å²) >= 11 is 0. The average molecular weight is 357 g/mol. The third-order valence-electron chi connectivity index (χ3n) is 5.08. The fraction of sp³-hybridized carbons (Fsp3) is 0. The molecular formula is C27H19N. The number of pyridine rings is 1. The molecule has 0 bridgehead atoms. The smallest absolute Gasteiger partial charge is 0.0709 e. The number of nitrogens with zero attached hydrogens (tertiary/aromatic N) is 1. The van der Waals surface area contributed by atoms with Crippen LogP contribution in [0.3, 0.4) is 0 Å². The lowest BCUT2D eigenvalue weighted by atomic mass is 9.93. The van der Waals surface area contributed by atoms with Gasteiger partial charge in [0, 0.05) is 10.9 Å². The van der Waals surface area contributed by atoms with E-state index in [4.69, 9.17) is 4.98 Å². The Bertz CT molecular complexity index is 1260. The Morgan fingerprint density at radius 1 is 0.429 bits per heavy atom. The van der Waals surface area contributed by atoms with Gasteiger partial charge in [-0.3, -0.25) is 0 Å². The van der Waals surface area contributed by atoms with Gasteiger partial charge in [-0.05, 0) is 40.5 Å². The van der Waals surface area contributed by atoms with Crippen molar-refractivity contribution in [3.05, 3.63) is 115 Å². The molecule has 1 nitrogen and oxygen atoms in total. The van der Waals surface area contributed by atoms with Gasteiger partial charge in [-0.15, -0.1) is 0 Å². The summed E-state index contributed by atoms with van der Waals surface area (Å²) < 4.78 is 0. The molecule has 4 aromatic carbocycles. The van der Waals surface area contributed by atoms with Crippen molar-refractivity contribution in [1.29, 1.82) is 0 Å². The summed E-state index contributed by atoms with van der Waals surface area (Å²) in [4.78, 5) is 4.86. The highest BCUT2D eigenvalue weighted by atomic mass is 14.7. The van der Waals surface area contributed by atoms with Crippen LogP contribution in [0.25, 0.3) is 44.4 Å². The molecule has 0 fully saturated rings. The maximum absolute atomic E-state index is 4.86. The molecule has 132 valence electrons. The average Bonchev–Trinajstić information content (AvgIpc) is 2.79. The molecule has 0 unspecified atom stereocenters. The lowest BCUT2D eigenvalue weighted by molar-refractivity contribution is 1.40. The first-order valence-corrected chi connectivity index (χ1v) is 9.49. The Labute approximate surface area is 165 Å². The molecule has 0 spiro atoms. The first-order valence-electron chi connectivity index (χ1n) is 9.49. The van der Waals surface area contributed by atoms with Gasteiger partial charge in [-0.2, -0.15) is 0 Å².